The molecule has 1 atom stereocenters. The molecule has 3 heteroatoms. The summed E-state index contributed by atoms with van der Waals surface area (Å²) in [6.07, 6.45) is 8.02. The van der Waals surface area contributed by atoms with Crippen molar-refractivity contribution in [1.82, 2.24) is 5.32 Å². The Balaban J connectivity index is 1.64. The Bertz CT molecular complexity index is 406. The van der Waals surface area contributed by atoms with Crippen LogP contribution in [0.4, 0.5) is 0 Å². The molecule has 1 aromatic carbocycles. The van der Waals surface area contributed by atoms with E-state index in [2.05, 4.69) is 31.3 Å². The van der Waals surface area contributed by atoms with Gasteiger partial charge < -0.3 is 14.8 Å². The monoisotopic (exact) mass is 277 g/mol. The molecule has 20 heavy (non-hydrogen) atoms. The average Bonchev–Trinajstić information content (AvgIpc) is 2.92. The zero-order chi connectivity index (χ0) is 14.2. The van der Waals surface area contributed by atoms with Gasteiger partial charge in [0.2, 0.25) is 6.79 Å². The van der Waals surface area contributed by atoms with Gasteiger partial charge in [0.25, 0.3) is 0 Å². The van der Waals surface area contributed by atoms with Crippen LogP contribution < -0.4 is 14.8 Å². The quantitative estimate of drug-likeness (QED) is 0.684. The summed E-state index contributed by atoms with van der Waals surface area (Å²) in [5, 5.41) is 3.58. The Morgan fingerprint density at radius 3 is 2.75 bits per heavy atom. The Morgan fingerprint density at radius 2 is 1.90 bits per heavy atom. The molecule has 1 aliphatic rings. The molecule has 0 spiro atoms. The molecule has 0 saturated heterocycles. The van der Waals surface area contributed by atoms with E-state index in [1.54, 1.807) is 0 Å². The molecule has 2 rings (SSSR count). The van der Waals surface area contributed by atoms with Crippen molar-refractivity contribution < 1.29 is 9.47 Å². The summed E-state index contributed by atoms with van der Waals surface area (Å²) in [6.45, 7) is 5.77. The van der Waals surface area contributed by atoms with Crippen molar-refractivity contribution in [2.75, 3.05) is 6.79 Å². The van der Waals surface area contributed by atoms with Gasteiger partial charge in [0, 0.05) is 12.6 Å². The molecular formula is C17H27NO2. The van der Waals surface area contributed by atoms with Crippen LogP contribution in [0, 0.1) is 0 Å². The number of rotatable bonds is 9. The van der Waals surface area contributed by atoms with E-state index in [4.69, 9.17) is 9.47 Å². The second kappa shape index (κ2) is 8.15. The predicted octanol–water partition coefficient (Wildman–Crippen LogP) is 4.25. The summed E-state index contributed by atoms with van der Waals surface area (Å²) in [7, 11) is 0. The Hall–Kier alpha value is -1.22. The van der Waals surface area contributed by atoms with Gasteiger partial charge in [-0.05, 0) is 31.0 Å². The molecule has 0 radical (unpaired) electrons. The van der Waals surface area contributed by atoms with Crippen LogP contribution in [0.1, 0.15) is 57.9 Å². The molecular weight excluding hydrogens is 250 g/mol. The van der Waals surface area contributed by atoms with Crippen LogP contribution >= 0.6 is 0 Å². The van der Waals surface area contributed by atoms with E-state index in [0.717, 1.165) is 18.0 Å². The van der Waals surface area contributed by atoms with E-state index in [1.165, 1.54) is 44.1 Å². The van der Waals surface area contributed by atoms with E-state index in [0.29, 0.717) is 12.8 Å². The first-order valence-corrected chi connectivity index (χ1v) is 7.91. The van der Waals surface area contributed by atoms with E-state index < -0.39 is 0 Å². The molecule has 0 aliphatic carbocycles. The second-order valence-electron chi connectivity index (χ2n) is 5.67. The van der Waals surface area contributed by atoms with Crippen LogP contribution in [-0.2, 0) is 6.54 Å². The van der Waals surface area contributed by atoms with Gasteiger partial charge in [0.05, 0.1) is 0 Å². The zero-order valence-electron chi connectivity index (χ0n) is 12.8. The van der Waals surface area contributed by atoms with Crippen LogP contribution in [0.5, 0.6) is 11.5 Å². The van der Waals surface area contributed by atoms with Gasteiger partial charge in [0.1, 0.15) is 0 Å². The maximum absolute atomic E-state index is 5.40. The lowest BCUT2D eigenvalue weighted by molar-refractivity contribution is 0.174. The highest BCUT2D eigenvalue weighted by molar-refractivity contribution is 5.44. The fourth-order valence-corrected chi connectivity index (χ4v) is 2.50. The van der Waals surface area contributed by atoms with Gasteiger partial charge in [-0.15, -0.1) is 0 Å². The number of ether oxygens (including phenoxy) is 2. The standard InChI is InChI=1S/C17H27NO2/c1-3-4-5-6-7-8-14(2)18-12-15-9-10-16-17(11-15)20-13-19-16/h9-11,14,18H,3-8,12-13H2,1-2H3. The number of benzene rings is 1. The van der Waals surface area contributed by atoms with Crippen molar-refractivity contribution in [2.24, 2.45) is 0 Å². The molecule has 3 nitrogen and oxygen atoms in total. The molecule has 0 amide bonds. The summed E-state index contributed by atoms with van der Waals surface area (Å²) >= 11 is 0. The summed E-state index contributed by atoms with van der Waals surface area (Å²) in [4.78, 5) is 0. The largest absolute Gasteiger partial charge is 0.454 e. The minimum Gasteiger partial charge on any atom is -0.454 e. The maximum Gasteiger partial charge on any atom is 0.231 e. The lowest BCUT2D eigenvalue weighted by atomic mass is 10.1. The minimum absolute atomic E-state index is 0.348. The first kappa shape index (κ1) is 15.2. The molecule has 1 aromatic rings. The van der Waals surface area contributed by atoms with Crippen molar-refractivity contribution >= 4 is 0 Å². The highest BCUT2D eigenvalue weighted by Crippen LogP contribution is 2.32. The van der Waals surface area contributed by atoms with Crippen LogP contribution in [0.25, 0.3) is 0 Å². The van der Waals surface area contributed by atoms with Crippen LogP contribution in [-0.4, -0.2) is 12.8 Å². The van der Waals surface area contributed by atoms with Gasteiger partial charge in [-0.2, -0.15) is 0 Å². The highest BCUT2D eigenvalue weighted by atomic mass is 16.7. The number of unbranched alkanes of at least 4 members (excludes halogenated alkanes) is 4. The lowest BCUT2D eigenvalue weighted by Gasteiger charge is -2.14. The van der Waals surface area contributed by atoms with Crippen molar-refractivity contribution in [3.05, 3.63) is 23.8 Å². The second-order valence-corrected chi connectivity index (χ2v) is 5.67. The van der Waals surface area contributed by atoms with Gasteiger partial charge in [0.15, 0.2) is 11.5 Å². The molecule has 1 heterocycles. The maximum atomic E-state index is 5.40. The van der Waals surface area contributed by atoms with Crippen LogP contribution in [0.2, 0.25) is 0 Å². The van der Waals surface area contributed by atoms with Crippen molar-refractivity contribution in [1.29, 1.82) is 0 Å². The first-order chi connectivity index (χ1) is 9.79. The molecule has 0 bridgehead atoms. The van der Waals surface area contributed by atoms with E-state index in [9.17, 15) is 0 Å². The van der Waals surface area contributed by atoms with Gasteiger partial charge >= 0.3 is 0 Å². The van der Waals surface area contributed by atoms with Crippen molar-refractivity contribution in [3.8, 4) is 11.5 Å². The van der Waals surface area contributed by atoms with Crippen molar-refractivity contribution in [3.63, 3.8) is 0 Å². The number of hydrogen-bond acceptors (Lipinski definition) is 3. The predicted molar refractivity (Wildman–Crippen MR) is 82.2 cm³/mol. The molecule has 0 aromatic heterocycles. The van der Waals surface area contributed by atoms with Crippen molar-refractivity contribution in [2.45, 2.75) is 65.0 Å². The summed E-state index contributed by atoms with van der Waals surface area (Å²) < 4.78 is 10.7. The highest BCUT2D eigenvalue weighted by Gasteiger charge is 2.13. The van der Waals surface area contributed by atoms with Gasteiger partial charge in [-0.25, -0.2) is 0 Å². The molecule has 1 aliphatic heterocycles. The zero-order valence-corrected chi connectivity index (χ0v) is 12.8. The summed E-state index contributed by atoms with van der Waals surface area (Å²) in [5.74, 6) is 1.73. The molecule has 1 unspecified atom stereocenters. The van der Waals surface area contributed by atoms with E-state index in [-0.39, 0.29) is 0 Å². The Morgan fingerprint density at radius 1 is 1.10 bits per heavy atom. The molecule has 0 fully saturated rings. The smallest absolute Gasteiger partial charge is 0.231 e. The number of fused-ring (bicyclic) bond motifs is 1. The molecule has 1 N–H and O–H groups in total. The third kappa shape index (κ3) is 4.71. The Kier molecular flexibility index (Phi) is 6.19. The van der Waals surface area contributed by atoms with Gasteiger partial charge in [-0.3, -0.25) is 0 Å². The first-order valence-electron chi connectivity index (χ1n) is 7.91. The Labute approximate surface area is 122 Å². The van der Waals surface area contributed by atoms with Gasteiger partial charge in [-0.1, -0.05) is 45.1 Å². The van der Waals surface area contributed by atoms with E-state index >= 15 is 0 Å². The fraction of sp³-hybridized carbons (Fsp3) is 0.647. The third-order valence-electron chi connectivity index (χ3n) is 3.83. The normalized spacial score (nSPS) is 14.5. The minimum atomic E-state index is 0.348. The SMILES string of the molecule is CCCCCCCC(C)NCc1ccc2c(c1)OCO2. The summed E-state index contributed by atoms with van der Waals surface area (Å²) in [5.41, 5.74) is 1.26. The number of nitrogens with one attached hydrogen (secondary N) is 1. The fourth-order valence-electron chi connectivity index (χ4n) is 2.50. The molecule has 112 valence electrons. The molecule has 0 saturated carbocycles. The topological polar surface area (TPSA) is 30.5 Å². The third-order valence-corrected chi connectivity index (χ3v) is 3.83. The average molecular weight is 277 g/mol. The summed E-state index contributed by atoms with van der Waals surface area (Å²) in [6, 6.07) is 6.74. The van der Waals surface area contributed by atoms with E-state index in [1.807, 2.05) is 6.07 Å². The lowest BCUT2D eigenvalue weighted by Crippen LogP contribution is -2.25. The van der Waals surface area contributed by atoms with Crippen LogP contribution in [0.3, 0.4) is 0 Å². The number of hydrogen-bond donors (Lipinski definition) is 1. The van der Waals surface area contributed by atoms with Crippen LogP contribution in [0.15, 0.2) is 18.2 Å².